The van der Waals surface area contributed by atoms with Crippen LogP contribution in [0, 0.1) is 0 Å². The lowest BCUT2D eigenvalue weighted by Crippen LogP contribution is -2.24. The van der Waals surface area contributed by atoms with Crippen LogP contribution in [0.1, 0.15) is 10.4 Å². The van der Waals surface area contributed by atoms with E-state index in [1.165, 1.54) is 22.4 Å². The van der Waals surface area contributed by atoms with E-state index in [-0.39, 0.29) is 28.2 Å². The van der Waals surface area contributed by atoms with E-state index in [0.29, 0.717) is 26.0 Å². The molecule has 0 aliphatic rings. The van der Waals surface area contributed by atoms with Crippen LogP contribution in [0.4, 0.5) is 5.13 Å². The highest BCUT2D eigenvalue weighted by atomic mass is 35.5. The summed E-state index contributed by atoms with van der Waals surface area (Å²) >= 11 is 14.2. The third-order valence-electron chi connectivity index (χ3n) is 4.09. The molecular formula is C19H12Cl2N4O4S2. The first-order chi connectivity index (χ1) is 14.9. The number of nitrogens with one attached hydrogen (secondary N) is 1. The summed E-state index contributed by atoms with van der Waals surface area (Å²) in [5.41, 5.74) is 1.30. The van der Waals surface area contributed by atoms with Crippen LogP contribution >= 0.6 is 46.3 Å². The Morgan fingerprint density at radius 1 is 1.16 bits per heavy atom. The molecule has 0 saturated heterocycles. The zero-order valence-electron chi connectivity index (χ0n) is 15.5. The van der Waals surface area contributed by atoms with Crippen molar-refractivity contribution in [2.45, 2.75) is 10.9 Å². The van der Waals surface area contributed by atoms with Gasteiger partial charge in [0.2, 0.25) is 11.0 Å². The zero-order chi connectivity index (χ0) is 22.0. The monoisotopic (exact) mass is 494 g/mol. The fourth-order valence-electron chi connectivity index (χ4n) is 2.71. The molecule has 0 unspecified atom stereocenters. The van der Waals surface area contributed by atoms with E-state index in [2.05, 4.69) is 15.5 Å². The summed E-state index contributed by atoms with van der Waals surface area (Å²) in [4.78, 5) is 36.7. The lowest BCUT2D eigenvalue weighted by molar-refractivity contribution is -0.116. The molecule has 0 spiro atoms. The Bertz CT molecular complexity index is 1350. The smallest absolute Gasteiger partial charge is 0.408 e. The van der Waals surface area contributed by atoms with E-state index in [1.807, 2.05) is 0 Å². The molecule has 31 heavy (non-hydrogen) atoms. The van der Waals surface area contributed by atoms with Crippen LogP contribution in [0.5, 0.6) is 0 Å². The maximum absolute atomic E-state index is 12.3. The van der Waals surface area contributed by atoms with Gasteiger partial charge in [-0.15, -0.1) is 10.2 Å². The molecule has 2 aromatic carbocycles. The number of hydrogen-bond donors (Lipinski definition) is 1. The summed E-state index contributed by atoms with van der Waals surface area (Å²) in [6.45, 7) is -0.231. The third-order valence-corrected chi connectivity index (χ3v) is 6.61. The van der Waals surface area contributed by atoms with Gasteiger partial charge in [0.1, 0.15) is 6.54 Å². The van der Waals surface area contributed by atoms with Crippen molar-refractivity contribution in [3.05, 3.63) is 68.6 Å². The summed E-state index contributed by atoms with van der Waals surface area (Å²) in [5, 5.41) is 11.4. The van der Waals surface area contributed by atoms with Gasteiger partial charge in [0, 0.05) is 10.6 Å². The second-order valence-corrected chi connectivity index (χ2v) is 9.22. The van der Waals surface area contributed by atoms with E-state index in [1.54, 1.807) is 36.4 Å². The van der Waals surface area contributed by atoms with Crippen molar-refractivity contribution in [2.24, 2.45) is 0 Å². The maximum atomic E-state index is 12.3. The molecule has 1 N–H and O–H groups in total. The molecule has 8 nitrogen and oxygen atoms in total. The number of hydrogen-bond acceptors (Lipinski definition) is 8. The highest BCUT2D eigenvalue weighted by Crippen LogP contribution is 2.28. The number of amides is 1. The molecule has 0 saturated carbocycles. The summed E-state index contributed by atoms with van der Waals surface area (Å²) in [7, 11) is 0. The van der Waals surface area contributed by atoms with Gasteiger partial charge in [-0.1, -0.05) is 58.4 Å². The predicted octanol–water partition coefficient (Wildman–Crippen LogP) is 4.37. The van der Waals surface area contributed by atoms with Gasteiger partial charge < -0.3 is 4.42 Å². The number of para-hydroxylation sites is 2. The normalized spacial score (nSPS) is 11.0. The van der Waals surface area contributed by atoms with Crippen molar-refractivity contribution in [3.63, 3.8) is 0 Å². The first kappa shape index (κ1) is 21.6. The number of ketones is 1. The van der Waals surface area contributed by atoms with Crippen LogP contribution in [-0.4, -0.2) is 32.2 Å². The van der Waals surface area contributed by atoms with Crippen LogP contribution in [0.15, 0.2) is 56.0 Å². The predicted molar refractivity (Wildman–Crippen MR) is 121 cm³/mol. The maximum Gasteiger partial charge on any atom is 0.420 e. The molecule has 0 fully saturated rings. The van der Waals surface area contributed by atoms with Gasteiger partial charge in [0.05, 0.1) is 16.3 Å². The summed E-state index contributed by atoms with van der Waals surface area (Å²) in [6, 6.07) is 11.5. The van der Waals surface area contributed by atoms with Gasteiger partial charge in [0.25, 0.3) is 0 Å². The number of benzene rings is 2. The number of Topliss-reactive ketones (excluding diaryl/α,β-unsaturated/α-hetero) is 1. The molecule has 12 heteroatoms. The first-order valence-electron chi connectivity index (χ1n) is 8.73. The zero-order valence-corrected chi connectivity index (χ0v) is 18.6. The topological polar surface area (TPSA) is 107 Å². The second-order valence-electron chi connectivity index (χ2n) is 6.18. The molecule has 0 radical (unpaired) electrons. The van der Waals surface area contributed by atoms with Crippen molar-refractivity contribution in [3.8, 4) is 0 Å². The number of halogens is 2. The molecule has 4 aromatic rings. The minimum absolute atomic E-state index is 0.0976. The quantitative estimate of drug-likeness (QED) is 0.231. The minimum atomic E-state index is -0.621. The van der Waals surface area contributed by atoms with Gasteiger partial charge in [-0.25, -0.2) is 4.79 Å². The lowest BCUT2D eigenvalue weighted by Gasteiger charge is -2.03. The number of aromatic nitrogens is 3. The van der Waals surface area contributed by atoms with Crippen molar-refractivity contribution in [1.82, 2.24) is 14.8 Å². The van der Waals surface area contributed by atoms with Crippen molar-refractivity contribution in [2.75, 3.05) is 11.1 Å². The Hall–Kier alpha value is -2.66. The highest BCUT2D eigenvalue weighted by Gasteiger charge is 2.16. The number of oxazole rings is 1. The van der Waals surface area contributed by atoms with Crippen molar-refractivity contribution < 1.29 is 14.0 Å². The molecule has 0 bridgehead atoms. The van der Waals surface area contributed by atoms with Crippen LogP contribution in [-0.2, 0) is 11.3 Å². The van der Waals surface area contributed by atoms with Gasteiger partial charge >= 0.3 is 5.76 Å². The van der Waals surface area contributed by atoms with Crippen LogP contribution in [0.25, 0.3) is 11.1 Å². The van der Waals surface area contributed by atoms with Crippen molar-refractivity contribution in [1.29, 1.82) is 0 Å². The Morgan fingerprint density at radius 2 is 1.97 bits per heavy atom. The molecule has 2 aromatic heterocycles. The molecule has 4 rings (SSSR count). The third kappa shape index (κ3) is 4.99. The molecule has 1 amide bonds. The van der Waals surface area contributed by atoms with E-state index >= 15 is 0 Å². The van der Waals surface area contributed by atoms with Crippen molar-refractivity contribution >= 4 is 74.2 Å². The van der Waals surface area contributed by atoms with Gasteiger partial charge in [0.15, 0.2) is 15.7 Å². The fraction of sp³-hybridized carbons (Fsp3) is 0.105. The molecule has 0 atom stereocenters. The molecule has 2 heterocycles. The second kappa shape index (κ2) is 9.23. The standard InChI is InChI=1S/C19H12Cl2N4O4S2/c20-10-5-6-11(12(21)7-10)14(26)9-30-18-24-23-17(31-18)22-16(27)8-25-13-3-1-2-4-15(13)29-19(25)28/h1-7H,8-9H2,(H,22,23,27). The fourth-order valence-corrected chi connectivity index (χ4v) is 4.87. The molecule has 0 aliphatic heterocycles. The van der Waals surface area contributed by atoms with Gasteiger partial charge in [-0.3, -0.25) is 19.5 Å². The SMILES string of the molecule is O=C(Cn1c(=O)oc2ccccc21)Nc1nnc(SCC(=O)c2ccc(Cl)cc2Cl)s1. The number of carbonyl (C=O) groups is 2. The Kier molecular flexibility index (Phi) is 6.42. The van der Waals surface area contributed by atoms with E-state index in [9.17, 15) is 14.4 Å². The van der Waals surface area contributed by atoms with Crippen LogP contribution in [0.3, 0.4) is 0 Å². The Morgan fingerprint density at radius 3 is 2.77 bits per heavy atom. The molecular weight excluding hydrogens is 483 g/mol. The number of rotatable bonds is 7. The number of nitrogens with zero attached hydrogens (tertiary/aromatic N) is 3. The van der Waals surface area contributed by atoms with E-state index in [0.717, 1.165) is 11.3 Å². The van der Waals surface area contributed by atoms with Gasteiger partial charge in [-0.2, -0.15) is 0 Å². The summed E-state index contributed by atoms with van der Waals surface area (Å²) < 4.78 is 6.84. The number of fused-ring (bicyclic) bond motifs is 1. The largest absolute Gasteiger partial charge is 0.420 e. The number of anilines is 1. The van der Waals surface area contributed by atoms with E-state index < -0.39 is 11.7 Å². The van der Waals surface area contributed by atoms with Crippen LogP contribution in [0.2, 0.25) is 10.0 Å². The van der Waals surface area contributed by atoms with E-state index in [4.69, 9.17) is 27.6 Å². The lowest BCUT2D eigenvalue weighted by atomic mass is 10.1. The van der Waals surface area contributed by atoms with Crippen LogP contribution < -0.4 is 11.1 Å². The Balaban J connectivity index is 1.36. The molecule has 0 aliphatic carbocycles. The summed E-state index contributed by atoms with van der Waals surface area (Å²) in [6.07, 6.45) is 0. The number of carbonyl (C=O) groups excluding carboxylic acids is 2. The Labute approximate surface area is 193 Å². The average molecular weight is 495 g/mol. The highest BCUT2D eigenvalue weighted by molar-refractivity contribution is 8.01. The average Bonchev–Trinajstić information content (AvgIpc) is 3.30. The number of thioether (sulfide) groups is 1. The van der Waals surface area contributed by atoms with Gasteiger partial charge in [-0.05, 0) is 30.3 Å². The summed E-state index contributed by atoms with van der Waals surface area (Å²) in [5.74, 6) is -1.16. The molecule has 158 valence electrons. The first-order valence-corrected chi connectivity index (χ1v) is 11.3. The minimum Gasteiger partial charge on any atom is -0.408 e.